The van der Waals surface area contributed by atoms with Crippen molar-refractivity contribution in [1.29, 1.82) is 0 Å². The standard InChI is InChI=1S/C18H17BO7.C6H14O2/c1-23-11-7-16(25-3)18-13(20)9-15(26-17(18)8-11)10-4-5-14(24-2)12(6-10)19(21)22;1-5(2,7)6(3,4)8/h4-9,21-22H,1-3H3;7-8H,1-4H3. The van der Waals surface area contributed by atoms with Crippen molar-refractivity contribution in [2.24, 2.45) is 0 Å². The van der Waals surface area contributed by atoms with Crippen LogP contribution in [0.3, 0.4) is 0 Å². The maximum absolute atomic E-state index is 12.6. The number of methoxy groups -OCH3 is 3. The quantitative estimate of drug-likeness (QED) is 0.393. The van der Waals surface area contributed by atoms with Crippen molar-refractivity contribution < 1.29 is 38.9 Å². The molecule has 0 bridgehead atoms. The first kappa shape index (κ1) is 27.2. The van der Waals surface area contributed by atoms with E-state index >= 15 is 0 Å². The van der Waals surface area contributed by atoms with Crippen molar-refractivity contribution in [1.82, 2.24) is 0 Å². The second-order valence-corrected chi connectivity index (χ2v) is 8.63. The van der Waals surface area contributed by atoms with Gasteiger partial charge in [0.15, 0.2) is 5.43 Å². The van der Waals surface area contributed by atoms with Crippen LogP contribution in [-0.2, 0) is 0 Å². The van der Waals surface area contributed by atoms with E-state index in [4.69, 9.17) is 28.8 Å². The summed E-state index contributed by atoms with van der Waals surface area (Å²) >= 11 is 0. The molecule has 4 N–H and O–H groups in total. The van der Waals surface area contributed by atoms with E-state index in [1.165, 1.54) is 33.5 Å². The number of hydrogen-bond acceptors (Lipinski definition) is 9. The van der Waals surface area contributed by atoms with Gasteiger partial charge < -0.3 is 38.9 Å². The van der Waals surface area contributed by atoms with Gasteiger partial charge in [-0.05, 0) is 45.9 Å². The third-order valence-corrected chi connectivity index (χ3v) is 5.51. The van der Waals surface area contributed by atoms with Crippen molar-refractivity contribution in [2.45, 2.75) is 38.9 Å². The van der Waals surface area contributed by atoms with Gasteiger partial charge in [0.2, 0.25) is 0 Å². The summed E-state index contributed by atoms with van der Waals surface area (Å²) < 4.78 is 21.4. The van der Waals surface area contributed by atoms with Crippen molar-refractivity contribution in [3.63, 3.8) is 0 Å². The largest absolute Gasteiger partial charge is 0.497 e. The van der Waals surface area contributed by atoms with Crippen LogP contribution < -0.4 is 25.1 Å². The molecule has 1 aromatic heterocycles. The predicted octanol–water partition coefficient (Wildman–Crippen LogP) is 1.69. The van der Waals surface area contributed by atoms with E-state index in [0.717, 1.165) is 0 Å². The molecule has 3 rings (SSSR count). The Morgan fingerprint density at radius 3 is 1.88 bits per heavy atom. The first-order valence-electron chi connectivity index (χ1n) is 10.4. The maximum Gasteiger partial charge on any atom is 0.492 e. The van der Waals surface area contributed by atoms with E-state index in [-0.39, 0.29) is 16.7 Å². The SMILES string of the molecule is CC(C)(O)C(C)(C)O.COc1cc(OC)c2c(=O)cc(-c3ccc(OC)c(B(O)O)c3)oc2c1. The molecule has 0 radical (unpaired) electrons. The minimum atomic E-state index is -1.72. The number of aliphatic hydroxyl groups is 2. The lowest BCUT2D eigenvalue weighted by Gasteiger charge is -2.31. The molecule has 0 aliphatic rings. The maximum atomic E-state index is 12.6. The van der Waals surface area contributed by atoms with Gasteiger partial charge in [-0.3, -0.25) is 4.79 Å². The van der Waals surface area contributed by atoms with Gasteiger partial charge in [0.1, 0.15) is 34.0 Å². The fourth-order valence-corrected chi connectivity index (χ4v) is 2.74. The van der Waals surface area contributed by atoms with Crippen molar-refractivity contribution in [2.75, 3.05) is 21.3 Å². The van der Waals surface area contributed by atoms with Crippen LogP contribution in [0.5, 0.6) is 17.2 Å². The summed E-state index contributed by atoms with van der Waals surface area (Å²) in [7, 11) is 2.66. The van der Waals surface area contributed by atoms with Crippen LogP contribution in [0.2, 0.25) is 0 Å². The molecule has 9 nitrogen and oxygen atoms in total. The number of hydrogen-bond donors (Lipinski definition) is 4. The summed E-state index contributed by atoms with van der Waals surface area (Å²) in [6, 6.07) is 9.24. The first-order chi connectivity index (χ1) is 15.7. The Hall–Kier alpha value is -3.05. The molecular formula is C24H31BO9. The summed E-state index contributed by atoms with van der Waals surface area (Å²) in [5, 5.41) is 37.5. The normalized spacial score (nSPS) is 11.5. The molecule has 184 valence electrons. The number of fused-ring (bicyclic) bond motifs is 1. The van der Waals surface area contributed by atoms with E-state index in [1.54, 1.807) is 52.0 Å². The van der Waals surface area contributed by atoms with Gasteiger partial charge in [-0.25, -0.2) is 0 Å². The Morgan fingerprint density at radius 2 is 1.41 bits per heavy atom. The van der Waals surface area contributed by atoms with Crippen LogP contribution in [0.4, 0.5) is 0 Å². The molecule has 3 aromatic rings. The molecule has 2 aromatic carbocycles. The van der Waals surface area contributed by atoms with Crippen LogP contribution in [-0.4, -0.2) is 59.9 Å². The van der Waals surface area contributed by atoms with Crippen LogP contribution in [0.25, 0.3) is 22.3 Å². The van der Waals surface area contributed by atoms with Crippen LogP contribution in [0, 0.1) is 0 Å². The lowest BCUT2D eigenvalue weighted by molar-refractivity contribution is -0.107. The Morgan fingerprint density at radius 1 is 0.824 bits per heavy atom. The van der Waals surface area contributed by atoms with Gasteiger partial charge in [-0.2, -0.15) is 0 Å². The summed E-state index contributed by atoms with van der Waals surface area (Å²) in [6.07, 6.45) is 0. The lowest BCUT2D eigenvalue weighted by Crippen LogP contribution is -2.44. The topological polar surface area (TPSA) is 139 Å². The molecule has 0 amide bonds. The molecule has 0 saturated carbocycles. The smallest absolute Gasteiger partial charge is 0.492 e. The van der Waals surface area contributed by atoms with Crippen molar-refractivity contribution in [3.05, 3.63) is 46.6 Å². The summed E-state index contributed by atoms with van der Waals surface area (Å²) in [4.78, 5) is 12.6. The van der Waals surface area contributed by atoms with Gasteiger partial charge >= 0.3 is 7.12 Å². The zero-order chi connectivity index (χ0) is 25.8. The highest BCUT2D eigenvalue weighted by Crippen LogP contribution is 2.31. The average Bonchev–Trinajstić information content (AvgIpc) is 2.76. The third kappa shape index (κ3) is 6.09. The average molecular weight is 474 g/mol. The predicted molar refractivity (Wildman–Crippen MR) is 130 cm³/mol. The molecular weight excluding hydrogens is 443 g/mol. The number of rotatable bonds is 6. The number of ether oxygens (including phenoxy) is 3. The highest BCUT2D eigenvalue weighted by atomic mass is 16.5. The molecule has 10 heteroatoms. The Balaban J connectivity index is 0.000000440. The van der Waals surface area contributed by atoms with Gasteiger partial charge in [0.05, 0.1) is 32.5 Å². The Labute approximate surface area is 198 Å². The molecule has 0 aliphatic carbocycles. The van der Waals surface area contributed by atoms with Crippen LogP contribution in [0.1, 0.15) is 27.7 Å². The molecule has 34 heavy (non-hydrogen) atoms. The fourth-order valence-electron chi connectivity index (χ4n) is 2.74. The molecule has 0 fully saturated rings. The van der Waals surface area contributed by atoms with Crippen molar-refractivity contribution >= 4 is 23.6 Å². The van der Waals surface area contributed by atoms with Gasteiger partial charge in [0, 0.05) is 29.2 Å². The zero-order valence-corrected chi connectivity index (χ0v) is 20.4. The minimum Gasteiger partial charge on any atom is -0.497 e. The molecule has 0 unspecified atom stereocenters. The third-order valence-electron chi connectivity index (χ3n) is 5.51. The van der Waals surface area contributed by atoms with Crippen LogP contribution in [0.15, 0.2) is 45.6 Å². The Kier molecular flexibility index (Phi) is 8.38. The molecule has 0 atom stereocenters. The fraction of sp³-hybridized carbons (Fsp3) is 0.375. The van der Waals surface area contributed by atoms with Gasteiger partial charge in [-0.15, -0.1) is 0 Å². The second kappa shape index (κ2) is 10.5. The van der Waals surface area contributed by atoms with E-state index in [0.29, 0.717) is 33.8 Å². The second-order valence-electron chi connectivity index (χ2n) is 8.63. The van der Waals surface area contributed by atoms with E-state index in [2.05, 4.69) is 0 Å². The monoisotopic (exact) mass is 474 g/mol. The lowest BCUT2D eigenvalue weighted by atomic mass is 9.78. The van der Waals surface area contributed by atoms with Gasteiger partial charge in [0.25, 0.3) is 0 Å². The highest BCUT2D eigenvalue weighted by molar-refractivity contribution is 6.59. The highest BCUT2D eigenvalue weighted by Gasteiger charge is 2.32. The van der Waals surface area contributed by atoms with E-state index < -0.39 is 18.3 Å². The molecule has 0 aliphatic heterocycles. The van der Waals surface area contributed by atoms with E-state index in [9.17, 15) is 14.8 Å². The number of benzene rings is 2. The van der Waals surface area contributed by atoms with Gasteiger partial charge in [-0.1, -0.05) is 0 Å². The van der Waals surface area contributed by atoms with Crippen LogP contribution >= 0.6 is 0 Å². The Bertz CT molecular complexity index is 1180. The molecule has 0 saturated heterocycles. The zero-order valence-electron chi connectivity index (χ0n) is 20.4. The molecule has 0 spiro atoms. The van der Waals surface area contributed by atoms with E-state index in [1.807, 2.05) is 0 Å². The summed E-state index contributed by atoms with van der Waals surface area (Å²) in [6.45, 7) is 6.31. The first-order valence-corrected chi connectivity index (χ1v) is 10.4. The summed E-state index contributed by atoms with van der Waals surface area (Å²) in [5.74, 6) is 1.41. The summed E-state index contributed by atoms with van der Waals surface area (Å²) in [5.41, 5.74) is -1.35. The minimum absolute atomic E-state index is 0.163. The molecule has 1 heterocycles. The van der Waals surface area contributed by atoms with Crippen molar-refractivity contribution in [3.8, 4) is 28.6 Å².